The Balaban J connectivity index is 1.29. The van der Waals surface area contributed by atoms with Crippen molar-refractivity contribution in [2.45, 2.75) is 57.0 Å². The largest absolute Gasteiger partial charge is 0.459 e. The Hall–Kier alpha value is -2.51. The number of carbonyl (C=O) groups is 3. The van der Waals surface area contributed by atoms with Crippen LogP contribution < -0.4 is 16.0 Å². The molecule has 1 aliphatic heterocycles. The minimum absolute atomic E-state index is 0.00746. The van der Waals surface area contributed by atoms with Gasteiger partial charge in [-0.05, 0) is 37.8 Å². The van der Waals surface area contributed by atoms with E-state index in [0.717, 1.165) is 12.8 Å². The summed E-state index contributed by atoms with van der Waals surface area (Å²) >= 11 is 0. The molecule has 1 aromatic heterocycles. The standard InChI is InChI=1S/C19H28N4O4/c24-17(21-14-4-1-2-5-14)7-10-20-19(26)22-15-8-11-23(12-9-15)18(25)16-6-3-13-27-16/h3,6,13-15H,1-2,4-5,7-12H2,(H,21,24)(H2,20,22,26). The topological polar surface area (TPSA) is 104 Å². The van der Waals surface area contributed by atoms with Gasteiger partial charge in [0.15, 0.2) is 5.76 Å². The quantitative estimate of drug-likeness (QED) is 0.702. The number of hydrogen-bond acceptors (Lipinski definition) is 4. The van der Waals surface area contributed by atoms with Gasteiger partial charge in [-0.3, -0.25) is 9.59 Å². The molecule has 1 aliphatic carbocycles. The van der Waals surface area contributed by atoms with Gasteiger partial charge in [0.25, 0.3) is 5.91 Å². The molecule has 1 saturated carbocycles. The molecule has 0 unspecified atom stereocenters. The molecule has 4 amide bonds. The molecular formula is C19H28N4O4. The molecule has 2 aliphatic rings. The van der Waals surface area contributed by atoms with Crippen LogP contribution in [0.2, 0.25) is 0 Å². The zero-order valence-corrected chi connectivity index (χ0v) is 15.5. The lowest BCUT2D eigenvalue weighted by molar-refractivity contribution is -0.121. The number of nitrogens with zero attached hydrogens (tertiary/aromatic N) is 1. The van der Waals surface area contributed by atoms with E-state index in [2.05, 4.69) is 16.0 Å². The SMILES string of the molecule is O=C(CCNC(=O)NC1CCN(C(=O)c2ccco2)CC1)NC1CCCC1. The Morgan fingerprint density at radius 1 is 1.04 bits per heavy atom. The number of hydrogen-bond donors (Lipinski definition) is 3. The van der Waals surface area contributed by atoms with E-state index in [1.807, 2.05) is 0 Å². The van der Waals surface area contributed by atoms with E-state index >= 15 is 0 Å². The molecule has 148 valence electrons. The highest BCUT2D eigenvalue weighted by molar-refractivity contribution is 5.91. The third-order valence-electron chi connectivity index (χ3n) is 5.21. The highest BCUT2D eigenvalue weighted by Crippen LogP contribution is 2.17. The molecule has 1 aromatic rings. The zero-order chi connectivity index (χ0) is 19.1. The fourth-order valence-corrected chi connectivity index (χ4v) is 3.68. The van der Waals surface area contributed by atoms with E-state index in [-0.39, 0.29) is 23.9 Å². The molecule has 2 heterocycles. The van der Waals surface area contributed by atoms with Crippen LogP contribution in [0, 0.1) is 0 Å². The van der Waals surface area contributed by atoms with Crippen LogP contribution in [0.1, 0.15) is 55.5 Å². The predicted molar refractivity (Wildman–Crippen MR) is 99.2 cm³/mol. The second-order valence-electron chi connectivity index (χ2n) is 7.24. The molecule has 0 aromatic carbocycles. The van der Waals surface area contributed by atoms with E-state index in [1.54, 1.807) is 17.0 Å². The Labute approximate surface area is 159 Å². The summed E-state index contributed by atoms with van der Waals surface area (Å²) in [6.45, 7) is 1.47. The van der Waals surface area contributed by atoms with Gasteiger partial charge in [-0.25, -0.2) is 4.79 Å². The Bertz CT molecular complexity index is 632. The summed E-state index contributed by atoms with van der Waals surface area (Å²) in [7, 11) is 0. The van der Waals surface area contributed by atoms with Gasteiger partial charge in [-0.15, -0.1) is 0 Å². The molecule has 3 rings (SSSR count). The number of urea groups is 1. The third kappa shape index (κ3) is 5.74. The van der Waals surface area contributed by atoms with E-state index in [0.29, 0.717) is 50.7 Å². The van der Waals surface area contributed by atoms with Crippen molar-refractivity contribution in [3.63, 3.8) is 0 Å². The summed E-state index contributed by atoms with van der Waals surface area (Å²) in [6, 6.07) is 3.42. The monoisotopic (exact) mass is 376 g/mol. The van der Waals surface area contributed by atoms with Crippen molar-refractivity contribution in [2.75, 3.05) is 19.6 Å². The van der Waals surface area contributed by atoms with E-state index in [4.69, 9.17) is 4.42 Å². The normalized spacial score (nSPS) is 18.3. The Kier molecular flexibility index (Phi) is 6.73. The van der Waals surface area contributed by atoms with Gasteiger partial charge in [-0.1, -0.05) is 12.8 Å². The highest BCUT2D eigenvalue weighted by Gasteiger charge is 2.25. The van der Waals surface area contributed by atoms with Crippen molar-refractivity contribution in [1.29, 1.82) is 0 Å². The fourth-order valence-electron chi connectivity index (χ4n) is 3.68. The summed E-state index contributed by atoms with van der Waals surface area (Å²) in [5.41, 5.74) is 0. The molecular weight excluding hydrogens is 348 g/mol. The maximum Gasteiger partial charge on any atom is 0.315 e. The maximum absolute atomic E-state index is 12.2. The van der Waals surface area contributed by atoms with Crippen molar-refractivity contribution in [2.24, 2.45) is 0 Å². The van der Waals surface area contributed by atoms with E-state index in [1.165, 1.54) is 19.1 Å². The van der Waals surface area contributed by atoms with Crippen LogP contribution in [0.4, 0.5) is 4.79 Å². The van der Waals surface area contributed by atoms with Crippen LogP contribution in [0.3, 0.4) is 0 Å². The lowest BCUT2D eigenvalue weighted by atomic mass is 10.0. The van der Waals surface area contributed by atoms with Crippen molar-refractivity contribution >= 4 is 17.8 Å². The average molecular weight is 376 g/mol. The molecule has 0 atom stereocenters. The number of furan rings is 1. The van der Waals surface area contributed by atoms with Gasteiger partial charge < -0.3 is 25.3 Å². The van der Waals surface area contributed by atoms with Crippen LogP contribution in [-0.2, 0) is 4.79 Å². The van der Waals surface area contributed by atoms with Gasteiger partial charge in [0.05, 0.1) is 6.26 Å². The van der Waals surface area contributed by atoms with Crippen LogP contribution >= 0.6 is 0 Å². The lowest BCUT2D eigenvalue weighted by Crippen LogP contribution is -2.49. The first-order chi connectivity index (χ1) is 13.1. The van der Waals surface area contributed by atoms with Crippen molar-refractivity contribution in [3.8, 4) is 0 Å². The number of rotatable bonds is 6. The lowest BCUT2D eigenvalue weighted by Gasteiger charge is -2.31. The zero-order valence-electron chi connectivity index (χ0n) is 15.5. The minimum Gasteiger partial charge on any atom is -0.459 e. The van der Waals surface area contributed by atoms with Crippen LogP contribution in [0.15, 0.2) is 22.8 Å². The van der Waals surface area contributed by atoms with Crippen LogP contribution in [0.5, 0.6) is 0 Å². The first-order valence-electron chi connectivity index (χ1n) is 9.78. The number of nitrogens with one attached hydrogen (secondary N) is 3. The van der Waals surface area contributed by atoms with Gasteiger partial charge in [-0.2, -0.15) is 0 Å². The summed E-state index contributed by atoms with van der Waals surface area (Å²) in [6.07, 6.45) is 7.64. The molecule has 3 N–H and O–H groups in total. The summed E-state index contributed by atoms with van der Waals surface area (Å²) in [5, 5.41) is 8.66. The summed E-state index contributed by atoms with van der Waals surface area (Å²) < 4.78 is 5.14. The second kappa shape index (κ2) is 9.43. The number of likely N-dealkylation sites (tertiary alicyclic amines) is 1. The molecule has 8 nitrogen and oxygen atoms in total. The molecule has 0 spiro atoms. The van der Waals surface area contributed by atoms with Crippen molar-refractivity contribution < 1.29 is 18.8 Å². The molecule has 27 heavy (non-hydrogen) atoms. The first-order valence-corrected chi connectivity index (χ1v) is 9.78. The predicted octanol–water partition coefficient (Wildman–Crippen LogP) is 1.63. The van der Waals surface area contributed by atoms with Gasteiger partial charge >= 0.3 is 6.03 Å². The summed E-state index contributed by atoms with van der Waals surface area (Å²) in [4.78, 5) is 37.8. The fraction of sp³-hybridized carbons (Fsp3) is 0.632. The first kappa shape index (κ1) is 19.3. The molecule has 8 heteroatoms. The van der Waals surface area contributed by atoms with Gasteiger partial charge in [0.2, 0.25) is 5.91 Å². The number of carbonyl (C=O) groups excluding carboxylic acids is 3. The van der Waals surface area contributed by atoms with Crippen LogP contribution in [0.25, 0.3) is 0 Å². The molecule has 0 bridgehead atoms. The maximum atomic E-state index is 12.2. The average Bonchev–Trinajstić information content (AvgIpc) is 3.35. The second-order valence-corrected chi connectivity index (χ2v) is 7.24. The minimum atomic E-state index is -0.264. The molecule has 2 fully saturated rings. The van der Waals surface area contributed by atoms with Gasteiger partial charge in [0, 0.05) is 38.1 Å². The van der Waals surface area contributed by atoms with E-state index < -0.39 is 0 Å². The van der Waals surface area contributed by atoms with E-state index in [9.17, 15) is 14.4 Å². The smallest absolute Gasteiger partial charge is 0.315 e. The number of amides is 4. The highest BCUT2D eigenvalue weighted by atomic mass is 16.3. The summed E-state index contributed by atoms with van der Waals surface area (Å²) in [5.74, 6) is 0.221. The molecule has 0 radical (unpaired) electrons. The van der Waals surface area contributed by atoms with Crippen LogP contribution in [-0.4, -0.2) is 54.5 Å². The van der Waals surface area contributed by atoms with Gasteiger partial charge in [0.1, 0.15) is 0 Å². The molecule has 1 saturated heterocycles. The Morgan fingerprint density at radius 2 is 1.74 bits per heavy atom. The van der Waals surface area contributed by atoms with Crippen molar-refractivity contribution in [3.05, 3.63) is 24.2 Å². The number of piperidine rings is 1. The van der Waals surface area contributed by atoms with Crippen molar-refractivity contribution in [1.82, 2.24) is 20.9 Å². The third-order valence-corrected chi connectivity index (χ3v) is 5.21. The Morgan fingerprint density at radius 3 is 2.41 bits per heavy atom.